The van der Waals surface area contributed by atoms with Crippen LogP contribution in [-0.2, 0) is 12.7 Å². The molecule has 0 bridgehead atoms. The fourth-order valence-electron chi connectivity index (χ4n) is 2.67. The Balaban J connectivity index is 1.89. The van der Waals surface area contributed by atoms with Gasteiger partial charge in [-0.1, -0.05) is 53.0 Å². The molecule has 0 aliphatic carbocycles. The molecule has 10 heteroatoms. The summed E-state index contributed by atoms with van der Waals surface area (Å²) in [6, 6.07) is 10.2. The maximum absolute atomic E-state index is 12.7. The highest BCUT2D eigenvalue weighted by Crippen LogP contribution is 2.30. The number of nitrogens with zero attached hydrogens (tertiary/aromatic N) is 1. The molecule has 0 unspecified atom stereocenters. The van der Waals surface area contributed by atoms with Gasteiger partial charge in [0.2, 0.25) is 0 Å². The molecule has 4 nitrogen and oxygen atoms in total. The van der Waals surface area contributed by atoms with Gasteiger partial charge in [-0.3, -0.25) is 9.59 Å². The molecule has 3 aromatic rings. The number of alkyl halides is 3. The predicted octanol–water partition coefficient (Wildman–Crippen LogP) is 6.13. The summed E-state index contributed by atoms with van der Waals surface area (Å²) in [5.41, 5.74) is -1.09. The number of anilines is 1. The molecule has 0 aliphatic heterocycles. The first-order valence-electron chi connectivity index (χ1n) is 8.38. The van der Waals surface area contributed by atoms with Crippen molar-refractivity contribution >= 4 is 46.4 Å². The summed E-state index contributed by atoms with van der Waals surface area (Å²) < 4.78 is 39.2. The second-order valence-corrected chi connectivity index (χ2v) is 7.48. The minimum Gasteiger partial charge on any atom is -0.320 e. The number of nitrogens with one attached hydrogen (secondary N) is 1. The molecule has 0 radical (unpaired) electrons. The third-order valence-electron chi connectivity index (χ3n) is 4.13. The molecule has 0 spiro atoms. The van der Waals surface area contributed by atoms with E-state index in [2.05, 4.69) is 5.32 Å². The second kappa shape index (κ2) is 8.71. The SMILES string of the molecule is O=C(Nc1cccc(Cl)c1Cl)c1cc(Cl)cn(Cc2ccc(C(F)(F)F)cc2)c1=O. The van der Waals surface area contributed by atoms with Crippen molar-refractivity contribution in [1.82, 2.24) is 4.57 Å². The van der Waals surface area contributed by atoms with Crippen LogP contribution in [0.1, 0.15) is 21.5 Å². The molecule has 0 aliphatic rings. The van der Waals surface area contributed by atoms with Gasteiger partial charge < -0.3 is 9.88 Å². The van der Waals surface area contributed by atoms with Gasteiger partial charge in [0.05, 0.1) is 32.9 Å². The minimum atomic E-state index is -4.46. The zero-order valence-corrected chi connectivity index (χ0v) is 17.2. The van der Waals surface area contributed by atoms with Gasteiger partial charge in [-0.05, 0) is 35.9 Å². The van der Waals surface area contributed by atoms with E-state index in [1.165, 1.54) is 36.5 Å². The Morgan fingerprint density at radius 2 is 1.70 bits per heavy atom. The van der Waals surface area contributed by atoms with E-state index in [1.54, 1.807) is 6.07 Å². The van der Waals surface area contributed by atoms with Crippen molar-refractivity contribution < 1.29 is 18.0 Å². The molecule has 1 aromatic heterocycles. The number of benzene rings is 2. The number of rotatable bonds is 4. The zero-order chi connectivity index (χ0) is 22.1. The number of pyridine rings is 1. The topological polar surface area (TPSA) is 51.1 Å². The lowest BCUT2D eigenvalue weighted by Gasteiger charge is -2.12. The second-order valence-electron chi connectivity index (χ2n) is 6.26. The Hall–Kier alpha value is -2.48. The van der Waals surface area contributed by atoms with E-state index in [4.69, 9.17) is 34.8 Å². The summed E-state index contributed by atoms with van der Waals surface area (Å²) in [5.74, 6) is -0.757. The van der Waals surface area contributed by atoms with Crippen LogP contribution in [0.4, 0.5) is 18.9 Å². The average Bonchev–Trinajstić information content (AvgIpc) is 2.67. The molecule has 3 rings (SSSR count). The summed E-state index contributed by atoms with van der Waals surface area (Å²) in [4.78, 5) is 25.3. The molecule has 1 heterocycles. The Morgan fingerprint density at radius 3 is 2.33 bits per heavy atom. The van der Waals surface area contributed by atoms with Crippen LogP contribution in [0.2, 0.25) is 15.1 Å². The summed E-state index contributed by atoms with van der Waals surface area (Å²) in [6.07, 6.45) is -3.16. The highest BCUT2D eigenvalue weighted by Gasteiger charge is 2.30. The fourth-order valence-corrected chi connectivity index (χ4v) is 3.24. The maximum Gasteiger partial charge on any atom is 0.416 e. The minimum absolute atomic E-state index is 0.0737. The van der Waals surface area contributed by atoms with Crippen molar-refractivity contribution in [2.75, 3.05) is 5.32 Å². The normalized spacial score (nSPS) is 11.4. The van der Waals surface area contributed by atoms with E-state index in [0.717, 1.165) is 16.7 Å². The van der Waals surface area contributed by atoms with Gasteiger partial charge in [-0.15, -0.1) is 0 Å². The number of aromatic nitrogens is 1. The summed E-state index contributed by atoms with van der Waals surface area (Å²) in [6.45, 7) is -0.0737. The molecule has 156 valence electrons. The summed E-state index contributed by atoms with van der Waals surface area (Å²) in [5, 5.41) is 2.93. The van der Waals surface area contributed by atoms with Crippen LogP contribution in [0.5, 0.6) is 0 Å². The summed E-state index contributed by atoms with van der Waals surface area (Å²) in [7, 11) is 0. The van der Waals surface area contributed by atoms with E-state index in [9.17, 15) is 22.8 Å². The quantitative estimate of drug-likeness (QED) is 0.494. The van der Waals surface area contributed by atoms with Gasteiger partial charge in [0.25, 0.3) is 11.5 Å². The molecule has 1 N–H and O–H groups in total. The molecule has 0 fully saturated rings. The first kappa shape index (κ1) is 22.2. The van der Waals surface area contributed by atoms with Crippen LogP contribution >= 0.6 is 34.8 Å². The van der Waals surface area contributed by atoms with E-state index in [1.807, 2.05) is 0 Å². The monoisotopic (exact) mass is 474 g/mol. The van der Waals surface area contributed by atoms with E-state index in [0.29, 0.717) is 5.56 Å². The third-order valence-corrected chi connectivity index (χ3v) is 5.16. The van der Waals surface area contributed by atoms with Crippen LogP contribution in [0.25, 0.3) is 0 Å². The third kappa shape index (κ3) is 4.98. The molecule has 1 amide bonds. The van der Waals surface area contributed by atoms with E-state index < -0.39 is 23.2 Å². The van der Waals surface area contributed by atoms with E-state index >= 15 is 0 Å². The number of hydrogen-bond acceptors (Lipinski definition) is 2. The molecular weight excluding hydrogens is 464 g/mol. The van der Waals surface area contributed by atoms with Crippen LogP contribution in [-0.4, -0.2) is 10.5 Å². The fraction of sp³-hybridized carbons (Fsp3) is 0.100. The van der Waals surface area contributed by atoms with Gasteiger partial charge in [0.15, 0.2) is 0 Å². The lowest BCUT2D eigenvalue weighted by molar-refractivity contribution is -0.137. The number of carbonyl (C=O) groups excluding carboxylic acids is 1. The first-order valence-corrected chi connectivity index (χ1v) is 9.51. The van der Waals surface area contributed by atoms with Crippen molar-refractivity contribution in [3.8, 4) is 0 Å². The highest BCUT2D eigenvalue weighted by atomic mass is 35.5. The van der Waals surface area contributed by atoms with Gasteiger partial charge in [0.1, 0.15) is 5.56 Å². The van der Waals surface area contributed by atoms with E-state index in [-0.39, 0.29) is 32.9 Å². The van der Waals surface area contributed by atoms with Crippen LogP contribution in [0, 0.1) is 0 Å². The Labute approximate surface area is 183 Å². The van der Waals surface area contributed by atoms with Gasteiger partial charge in [-0.25, -0.2) is 0 Å². The lowest BCUT2D eigenvalue weighted by atomic mass is 10.1. The Morgan fingerprint density at radius 1 is 1.03 bits per heavy atom. The van der Waals surface area contributed by atoms with Crippen molar-refractivity contribution in [3.05, 3.63) is 96.8 Å². The van der Waals surface area contributed by atoms with Crippen LogP contribution in [0.15, 0.2) is 59.5 Å². The van der Waals surface area contributed by atoms with Gasteiger partial charge in [-0.2, -0.15) is 13.2 Å². The predicted molar refractivity (Wildman–Crippen MR) is 111 cm³/mol. The molecule has 0 atom stereocenters. The van der Waals surface area contributed by atoms with Crippen molar-refractivity contribution in [2.24, 2.45) is 0 Å². The Bertz CT molecular complexity index is 1160. The lowest BCUT2D eigenvalue weighted by Crippen LogP contribution is -2.29. The molecule has 0 saturated heterocycles. The molecule has 2 aromatic carbocycles. The molecular formula is C20H12Cl3F3N2O2. The number of hydrogen-bond donors (Lipinski definition) is 1. The molecule has 0 saturated carbocycles. The van der Waals surface area contributed by atoms with Crippen molar-refractivity contribution in [2.45, 2.75) is 12.7 Å². The van der Waals surface area contributed by atoms with Gasteiger partial charge in [0, 0.05) is 6.20 Å². The smallest absolute Gasteiger partial charge is 0.320 e. The Kier molecular flexibility index (Phi) is 6.45. The average molecular weight is 476 g/mol. The first-order chi connectivity index (χ1) is 14.1. The number of carbonyl (C=O) groups is 1. The van der Waals surface area contributed by atoms with Crippen LogP contribution in [0.3, 0.4) is 0 Å². The summed E-state index contributed by atoms with van der Waals surface area (Å²) >= 11 is 18.0. The number of halogens is 6. The maximum atomic E-state index is 12.7. The van der Waals surface area contributed by atoms with Crippen molar-refractivity contribution in [3.63, 3.8) is 0 Å². The molecule has 30 heavy (non-hydrogen) atoms. The number of amides is 1. The highest BCUT2D eigenvalue weighted by molar-refractivity contribution is 6.44. The largest absolute Gasteiger partial charge is 0.416 e. The van der Waals surface area contributed by atoms with Crippen molar-refractivity contribution in [1.29, 1.82) is 0 Å². The van der Waals surface area contributed by atoms with Crippen LogP contribution < -0.4 is 10.9 Å². The van der Waals surface area contributed by atoms with Gasteiger partial charge >= 0.3 is 6.18 Å². The zero-order valence-electron chi connectivity index (χ0n) is 14.9. The standard InChI is InChI=1S/C20H12Cl3F3N2O2/c21-13-8-14(18(29)27-16-3-1-2-15(22)17(16)23)19(30)28(10-13)9-11-4-6-12(7-5-11)20(24,25)26/h1-8,10H,9H2,(H,27,29).